The predicted molar refractivity (Wildman–Crippen MR) is 94.5 cm³/mol. The van der Waals surface area contributed by atoms with Gasteiger partial charge in [0.15, 0.2) is 0 Å². The van der Waals surface area contributed by atoms with Crippen LogP contribution in [0.2, 0.25) is 0 Å². The maximum absolute atomic E-state index is 11.4. The van der Waals surface area contributed by atoms with Crippen LogP contribution in [0.5, 0.6) is 0 Å². The Morgan fingerprint density at radius 3 is 2.35 bits per heavy atom. The quantitative estimate of drug-likeness (QED) is 0.826. The van der Waals surface area contributed by atoms with Crippen molar-refractivity contribution in [3.63, 3.8) is 0 Å². The molecular weight excluding hydrogens is 314 g/mol. The normalized spacial score (nSPS) is 21.5. The number of carbonyl (C=O) groups is 1. The zero-order valence-electron chi connectivity index (χ0n) is 14.0. The first-order valence-electron chi connectivity index (χ1n) is 7.99. The second-order valence-electron chi connectivity index (χ2n) is 6.08. The van der Waals surface area contributed by atoms with Crippen LogP contribution in [0.4, 0.5) is 0 Å². The predicted octanol–water partition coefficient (Wildman–Crippen LogP) is 1.68. The summed E-state index contributed by atoms with van der Waals surface area (Å²) in [4.78, 5) is 13.8. The fraction of sp³-hybridized carbons (Fsp3) is 0.588. The van der Waals surface area contributed by atoms with Crippen molar-refractivity contribution in [2.75, 3.05) is 19.6 Å². The second kappa shape index (κ2) is 9.88. The van der Waals surface area contributed by atoms with E-state index in [1.165, 1.54) is 5.56 Å². The monoisotopic (exact) mass is 341 g/mol. The lowest BCUT2D eigenvalue weighted by molar-refractivity contribution is -0.121. The summed E-state index contributed by atoms with van der Waals surface area (Å²) in [6, 6.07) is 8.42. The molecule has 2 unspecified atom stereocenters. The van der Waals surface area contributed by atoms with E-state index in [1.807, 2.05) is 0 Å². The Hall–Kier alpha value is -1.14. The molecule has 1 heterocycles. The highest BCUT2D eigenvalue weighted by atomic mass is 35.5. The molecule has 0 spiro atoms. The molecule has 0 aliphatic carbocycles. The fourth-order valence-electron chi connectivity index (χ4n) is 2.85. The minimum atomic E-state index is 0. The maximum Gasteiger partial charge on any atom is 0.221 e. The Labute approximate surface area is 145 Å². The SMILES string of the molecule is CC1CN(Cc2ccc(CNC(=O)CCN)cc2)CC(C)O1.Cl. The minimum Gasteiger partial charge on any atom is -0.373 e. The Balaban J connectivity index is 0.00000264. The van der Waals surface area contributed by atoms with Crippen molar-refractivity contribution in [2.24, 2.45) is 5.73 Å². The highest BCUT2D eigenvalue weighted by Gasteiger charge is 2.21. The van der Waals surface area contributed by atoms with E-state index in [1.54, 1.807) is 0 Å². The average Bonchev–Trinajstić information content (AvgIpc) is 2.46. The van der Waals surface area contributed by atoms with Crippen molar-refractivity contribution < 1.29 is 9.53 Å². The average molecular weight is 342 g/mol. The molecule has 5 nitrogen and oxygen atoms in total. The summed E-state index contributed by atoms with van der Waals surface area (Å²) in [6.45, 7) is 8.08. The summed E-state index contributed by atoms with van der Waals surface area (Å²) < 4.78 is 5.76. The molecule has 1 aromatic rings. The number of rotatable bonds is 6. The molecule has 0 radical (unpaired) electrons. The number of carbonyl (C=O) groups excluding carboxylic acids is 1. The molecule has 2 atom stereocenters. The number of halogens is 1. The van der Waals surface area contributed by atoms with Crippen LogP contribution < -0.4 is 11.1 Å². The summed E-state index contributed by atoms with van der Waals surface area (Å²) in [5.41, 5.74) is 7.75. The van der Waals surface area contributed by atoms with Crippen molar-refractivity contribution in [1.29, 1.82) is 0 Å². The van der Waals surface area contributed by atoms with Gasteiger partial charge in [0.2, 0.25) is 5.91 Å². The minimum absolute atomic E-state index is 0. The third kappa shape index (κ3) is 6.87. The fourth-order valence-corrected chi connectivity index (χ4v) is 2.85. The lowest BCUT2D eigenvalue weighted by Gasteiger charge is -2.35. The summed E-state index contributed by atoms with van der Waals surface area (Å²) in [6.07, 6.45) is 0.965. The van der Waals surface area contributed by atoms with Crippen molar-refractivity contribution in [3.8, 4) is 0 Å². The smallest absolute Gasteiger partial charge is 0.221 e. The van der Waals surface area contributed by atoms with Crippen LogP contribution in [0, 0.1) is 0 Å². The molecule has 130 valence electrons. The topological polar surface area (TPSA) is 67.6 Å². The van der Waals surface area contributed by atoms with E-state index in [4.69, 9.17) is 10.5 Å². The Bertz CT molecular complexity index is 471. The highest BCUT2D eigenvalue weighted by Crippen LogP contribution is 2.14. The molecule has 1 aliphatic rings. The first-order chi connectivity index (χ1) is 10.6. The summed E-state index contributed by atoms with van der Waals surface area (Å²) in [5, 5.41) is 2.87. The van der Waals surface area contributed by atoms with Crippen LogP contribution in [-0.2, 0) is 22.6 Å². The van der Waals surface area contributed by atoms with Gasteiger partial charge in [-0.15, -0.1) is 12.4 Å². The molecule has 2 rings (SSSR count). The van der Waals surface area contributed by atoms with E-state index < -0.39 is 0 Å². The van der Waals surface area contributed by atoms with E-state index in [-0.39, 0.29) is 18.3 Å². The van der Waals surface area contributed by atoms with E-state index in [0.717, 1.165) is 25.2 Å². The molecule has 3 N–H and O–H groups in total. The third-order valence-electron chi connectivity index (χ3n) is 3.79. The number of morpholine rings is 1. The van der Waals surface area contributed by atoms with Crippen LogP contribution in [0.1, 0.15) is 31.4 Å². The third-order valence-corrected chi connectivity index (χ3v) is 3.79. The first kappa shape index (κ1) is 19.9. The van der Waals surface area contributed by atoms with E-state index >= 15 is 0 Å². The largest absolute Gasteiger partial charge is 0.373 e. The van der Waals surface area contributed by atoms with Gasteiger partial charge in [0, 0.05) is 39.1 Å². The van der Waals surface area contributed by atoms with Crippen molar-refractivity contribution in [1.82, 2.24) is 10.2 Å². The molecule has 1 aromatic carbocycles. The molecule has 23 heavy (non-hydrogen) atoms. The number of amides is 1. The molecule has 0 bridgehead atoms. The Kier molecular flexibility index (Phi) is 8.55. The lowest BCUT2D eigenvalue weighted by Crippen LogP contribution is -2.44. The van der Waals surface area contributed by atoms with Crippen LogP contribution >= 0.6 is 12.4 Å². The van der Waals surface area contributed by atoms with Gasteiger partial charge in [-0.05, 0) is 25.0 Å². The van der Waals surface area contributed by atoms with E-state index in [0.29, 0.717) is 31.7 Å². The number of nitrogens with two attached hydrogens (primary N) is 1. The summed E-state index contributed by atoms with van der Waals surface area (Å²) >= 11 is 0. The highest BCUT2D eigenvalue weighted by molar-refractivity contribution is 5.85. The van der Waals surface area contributed by atoms with E-state index in [2.05, 4.69) is 48.3 Å². The van der Waals surface area contributed by atoms with Gasteiger partial charge in [0.1, 0.15) is 0 Å². The van der Waals surface area contributed by atoms with Gasteiger partial charge < -0.3 is 15.8 Å². The zero-order chi connectivity index (χ0) is 15.9. The molecule has 0 saturated carbocycles. The van der Waals surface area contributed by atoms with Gasteiger partial charge in [0.25, 0.3) is 0 Å². The Morgan fingerprint density at radius 2 is 1.78 bits per heavy atom. The van der Waals surface area contributed by atoms with Crippen LogP contribution in [0.25, 0.3) is 0 Å². The molecule has 1 amide bonds. The van der Waals surface area contributed by atoms with Gasteiger partial charge in [-0.1, -0.05) is 24.3 Å². The molecule has 1 saturated heterocycles. The van der Waals surface area contributed by atoms with Gasteiger partial charge in [0.05, 0.1) is 12.2 Å². The summed E-state index contributed by atoms with van der Waals surface area (Å²) in [7, 11) is 0. The number of hydrogen-bond donors (Lipinski definition) is 2. The van der Waals surface area contributed by atoms with Gasteiger partial charge in [-0.2, -0.15) is 0 Å². The summed E-state index contributed by atoms with van der Waals surface area (Å²) in [5.74, 6) is 0.00266. The van der Waals surface area contributed by atoms with Crippen molar-refractivity contribution in [3.05, 3.63) is 35.4 Å². The maximum atomic E-state index is 11.4. The van der Waals surface area contributed by atoms with Crippen LogP contribution in [0.3, 0.4) is 0 Å². The van der Waals surface area contributed by atoms with Gasteiger partial charge in [-0.3, -0.25) is 9.69 Å². The van der Waals surface area contributed by atoms with Crippen molar-refractivity contribution in [2.45, 2.75) is 45.6 Å². The molecule has 1 aliphatic heterocycles. The first-order valence-corrected chi connectivity index (χ1v) is 7.99. The zero-order valence-corrected chi connectivity index (χ0v) is 14.8. The number of ether oxygens (including phenoxy) is 1. The standard InChI is InChI=1S/C17H27N3O2.ClH/c1-13-10-20(11-14(2)22-13)12-16-5-3-15(4-6-16)9-19-17(21)7-8-18;/h3-6,13-14H,7-12,18H2,1-2H3,(H,19,21);1H. The van der Waals surface area contributed by atoms with Gasteiger partial charge >= 0.3 is 0 Å². The molecule has 0 aromatic heterocycles. The van der Waals surface area contributed by atoms with Gasteiger partial charge in [-0.25, -0.2) is 0 Å². The molecular formula is C17H28ClN3O2. The number of hydrogen-bond acceptors (Lipinski definition) is 4. The Morgan fingerprint density at radius 1 is 1.22 bits per heavy atom. The van der Waals surface area contributed by atoms with Crippen LogP contribution in [0.15, 0.2) is 24.3 Å². The molecule has 6 heteroatoms. The second-order valence-corrected chi connectivity index (χ2v) is 6.08. The van der Waals surface area contributed by atoms with E-state index in [9.17, 15) is 4.79 Å². The molecule has 1 fully saturated rings. The number of nitrogens with zero attached hydrogens (tertiary/aromatic N) is 1. The van der Waals surface area contributed by atoms with Crippen molar-refractivity contribution >= 4 is 18.3 Å². The lowest BCUT2D eigenvalue weighted by atomic mass is 10.1. The number of benzene rings is 1. The number of nitrogens with one attached hydrogen (secondary N) is 1. The van der Waals surface area contributed by atoms with Crippen LogP contribution in [-0.4, -0.2) is 42.6 Å².